The highest BCUT2D eigenvalue weighted by atomic mass is 16.5. The first-order chi connectivity index (χ1) is 31.2. The Kier molecular flexibility index (Phi) is 7.68. The predicted octanol–water partition coefficient (Wildman–Crippen LogP) is 13.4. The lowest BCUT2D eigenvalue weighted by Gasteiger charge is -2.40. The number of furan rings is 1. The second kappa shape index (κ2) is 13.7. The molecule has 7 nitrogen and oxygen atoms in total. The molecule has 0 amide bonds. The Bertz CT molecular complexity index is 3500. The first-order valence-electron chi connectivity index (χ1n) is 21.0. The lowest BCUT2D eigenvalue weighted by Crippen LogP contribution is -2.32. The van der Waals surface area contributed by atoms with Gasteiger partial charge in [-0.15, -0.1) is 0 Å². The standard InChI is InChI=1S/C56H33N5O2/c1-4-18-34(19-5-1)49-51-50(37-24-10-13-31-44(37)63-51)58-54(57-49)39-26-17-30-43-47(39)38-25-16-27-40(48(38)56(43)41-28-11-14-32-45(41)62-46-33-15-12-29-42(46)56)55-60-52(35-20-6-2-7-21-35)59-53(61-55)36-22-8-3-9-23-36/h1-33H. The number of ether oxygens (including phenoxy) is 1. The predicted molar refractivity (Wildman–Crippen MR) is 247 cm³/mol. The van der Waals surface area contributed by atoms with Crippen molar-refractivity contribution >= 4 is 22.1 Å². The van der Waals surface area contributed by atoms with Crippen LogP contribution < -0.4 is 4.74 Å². The average molecular weight is 808 g/mol. The quantitative estimate of drug-likeness (QED) is 0.171. The maximum atomic E-state index is 6.78. The van der Waals surface area contributed by atoms with Crippen LogP contribution in [-0.4, -0.2) is 24.9 Å². The molecule has 0 bridgehead atoms. The number of hydrogen-bond donors (Lipinski definition) is 0. The molecule has 63 heavy (non-hydrogen) atoms. The number of nitrogens with zero attached hydrogens (tertiary/aromatic N) is 5. The Morgan fingerprint density at radius 3 is 1.56 bits per heavy atom. The smallest absolute Gasteiger partial charge is 0.180 e. The Morgan fingerprint density at radius 1 is 0.365 bits per heavy atom. The van der Waals surface area contributed by atoms with Gasteiger partial charge in [0.2, 0.25) is 0 Å². The molecular weight excluding hydrogens is 775 g/mol. The van der Waals surface area contributed by atoms with E-state index in [0.29, 0.717) is 28.9 Å². The third-order valence-corrected chi connectivity index (χ3v) is 12.4. The van der Waals surface area contributed by atoms with Crippen molar-refractivity contribution in [3.05, 3.63) is 222 Å². The molecule has 3 aromatic heterocycles. The van der Waals surface area contributed by atoms with E-state index >= 15 is 0 Å². The highest BCUT2D eigenvalue weighted by molar-refractivity contribution is 6.08. The lowest BCUT2D eigenvalue weighted by molar-refractivity contribution is 0.436. The lowest BCUT2D eigenvalue weighted by atomic mass is 9.65. The molecule has 0 N–H and O–H groups in total. The molecule has 0 fully saturated rings. The van der Waals surface area contributed by atoms with Crippen molar-refractivity contribution in [2.24, 2.45) is 0 Å². The highest BCUT2D eigenvalue weighted by Crippen LogP contribution is 2.65. The van der Waals surface area contributed by atoms with E-state index in [1.807, 2.05) is 109 Å². The maximum absolute atomic E-state index is 6.78. The minimum Gasteiger partial charge on any atom is -0.457 e. The minimum absolute atomic E-state index is 0.573. The molecule has 11 aromatic rings. The molecule has 294 valence electrons. The van der Waals surface area contributed by atoms with Crippen molar-refractivity contribution in [3.8, 4) is 79.4 Å². The van der Waals surface area contributed by atoms with Crippen LogP contribution in [0.2, 0.25) is 0 Å². The van der Waals surface area contributed by atoms with Crippen molar-refractivity contribution in [2.45, 2.75) is 5.41 Å². The van der Waals surface area contributed by atoms with Gasteiger partial charge in [-0.25, -0.2) is 24.9 Å². The number of benzene rings is 8. The average Bonchev–Trinajstić information content (AvgIpc) is 3.89. The molecule has 1 aliphatic heterocycles. The van der Waals surface area contributed by atoms with Gasteiger partial charge in [0.05, 0.1) is 5.41 Å². The van der Waals surface area contributed by atoms with Crippen molar-refractivity contribution in [1.82, 2.24) is 24.9 Å². The third-order valence-electron chi connectivity index (χ3n) is 12.4. The summed E-state index contributed by atoms with van der Waals surface area (Å²) in [5.74, 6) is 3.94. The van der Waals surface area contributed by atoms with Gasteiger partial charge in [0.15, 0.2) is 28.9 Å². The van der Waals surface area contributed by atoms with E-state index in [-0.39, 0.29) is 0 Å². The molecule has 7 heteroatoms. The summed E-state index contributed by atoms with van der Waals surface area (Å²) in [4.78, 5) is 26.5. The van der Waals surface area contributed by atoms with Gasteiger partial charge in [-0.3, -0.25) is 0 Å². The number of para-hydroxylation sites is 3. The fraction of sp³-hybridized carbons (Fsp3) is 0.0179. The van der Waals surface area contributed by atoms with Crippen LogP contribution in [0.15, 0.2) is 205 Å². The molecule has 1 spiro atoms. The summed E-state index contributed by atoms with van der Waals surface area (Å²) < 4.78 is 13.3. The topological polar surface area (TPSA) is 86.8 Å². The summed E-state index contributed by atoms with van der Waals surface area (Å²) >= 11 is 0. The first kappa shape index (κ1) is 35.2. The second-order valence-electron chi connectivity index (χ2n) is 15.9. The molecule has 4 heterocycles. The summed E-state index contributed by atoms with van der Waals surface area (Å²) in [7, 11) is 0. The van der Waals surface area contributed by atoms with Gasteiger partial charge in [-0.2, -0.15) is 0 Å². The molecule has 13 rings (SSSR count). The van der Waals surface area contributed by atoms with E-state index in [2.05, 4.69) is 91.0 Å². The summed E-state index contributed by atoms with van der Waals surface area (Å²) in [6.07, 6.45) is 0. The normalized spacial score (nSPS) is 13.0. The van der Waals surface area contributed by atoms with E-state index in [1.54, 1.807) is 0 Å². The molecular formula is C56H33N5O2. The van der Waals surface area contributed by atoms with Crippen LogP contribution in [0, 0.1) is 0 Å². The van der Waals surface area contributed by atoms with Gasteiger partial charge in [-0.05, 0) is 46.5 Å². The molecule has 0 unspecified atom stereocenters. The zero-order chi connectivity index (χ0) is 41.5. The first-order valence-corrected chi connectivity index (χ1v) is 21.0. The summed E-state index contributed by atoms with van der Waals surface area (Å²) in [5, 5.41) is 0.936. The zero-order valence-corrected chi connectivity index (χ0v) is 33.6. The van der Waals surface area contributed by atoms with Crippen LogP contribution in [-0.2, 0) is 5.41 Å². The minimum atomic E-state index is -0.857. The van der Waals surface area contributed by atoms with Crippen LogP contribution in [0.5, 0.6) is 11.5 Å². The Morgan fingerprint density at radius 2 is 0.873 bits per heavy atom. The van der Waals surface area contributed by atoms with Crippen LogP contribution in [0.1, 0.15) is 22.3 Å². The fourth-order valence-electron chi connectivity index (χ4n) is 9.81. The van der Waals surface area contributed by atoms with Gasteiger partial charge >= 0.3 is 0 Å². The fourth-order valence-corrected chi connectivity index (χ4v) is 9.81. The van der Waals surface area contributed by atoms with Gasteiger partial charge < -0.3 is 9.15 Å². The Hall–Kier alpha value is -8.55. The van der Waals surface area contributed by atoms with E-state index in [4.69, 9.17) is 34.1 Å². The van der Waals surface area contributed by atoms with Gasteiger partial charge in [0.1, 0.15) is 28.3 Å². The van der Waals surface area contributed by atoms with Crippen LogP contribution in [0.3, 0.4) is 0 Å². The summed E-state index contributed by atoms with van der Waals surface area (Å²) in [5.41, 5.74) is 12.9. The van der Waals surface area contributed by atoms with Gasteiger partial charge in [0.25, 0.3) is 0 Å². The number of rotatable bonds is 5. The molecule has 1 aliphatic carbocycles. The zero-order valence-electron chi connectivity index (χ0n) is 33.6. The molecule has 0 atom stereocenters. The van der Waals surface area contributed by atoms with Crippen molar-refractivity contribution in [1.29, 1.82) is 0 Å². The number of fused-ring (bicyclic) bond motifs is 12. The largest absolute Gasteiger partial charge is 0.457 e. The van der Waals surface area contributed by atoms with Crippen LogP contribution in [0.25, 0.3) is 90.0 Å². The molecule has 0 radical (unpaired) electrons. The van der Waals surface area contributed by atoms with Crippen molar-refractivity contribution in [2.75, 3.05) is 0 Å². The van der Waals surface area contributed by atoms with Crippen molar-refractivity contribution in [3.63, 3.8) is 0 Å². The van der Waals surface area contributed by atoms with Gasteiger partial charge in [0, 0.05) is 44.3 Å². The van der Waals surface area contributed by atoms with Gasteiger partial charge in [-0.1, -0.05) is 176 Å². The molecule has 0 saturated carbocycles. The van der Waals surface area contributed by atoms with E-state index in [9.17, 15) is 0 Å². The Balaban J connectivity index is 1.16. The van der Waals surface area contributed by atoms with E-state index in [1.165, 1.54) is 0 Å². The molecule has 8 aromatic carbocycles. The Labute approximate surface area is 362 Å². The SMILES string of the molecule is c1ccc(-c2nc(-c3ccccc3)nc(-c3cccc4c3C3(c5ccccc5Oc5ccccc53)c3cccc(-c5nc(-c6ccccc6)c6oc7ccccc7c6n5)c3-4)n2)cc1. The van der Waals surface area contributed by atoms with Crippen LogP contribution >= 0.6 is 0 Å². The second-order valence-corrected chi connectivity index (χ2v) is 15.9. The monoisotopic (exact) mass is 807 g/mol. The summed E-state index contributed by atoms with van der Waals surface area (Å²) in [6.45, 7) is 0. The number of aromatic nitrogens is 5. The molecule has 0 saturated heterocycles. The third kappa shape index (κ3) is 5.23. The molecule has 2 aliphatic rings. The summed E-state index contributed by atoms with van der Waals surface area (Å²) in [6, 6.07) is 68.3. The van der Waals surface area contributed by atoms with Crippen LogP contribution in [0.4, 0.5) is 0 Å². The maximum Gasteiger partial charge on any atom is 0.180 e. The van der Waals surface area contributed by atoms with Crippen molar-refractivity contribution < 1.29 is 9.15 Å². The van der Waals surface area contributed by atoms with E-state index < -0.39 is 5.41 Å². The number of hydrogen-bond acceptors (Lipinski definition) is 7. The highest BCUT2D eigenvalue weighted by Gasteiger charge is 2.53. The van der Waals surface area contributed by atoms with E-state index in [0.717, 1.165) is 94.9 Å².